The van der Waals surface area contributed by atoms with Crippen molar-refractivity contribution in [1.82, 2.24) is 16.0 Å². The highest BCUT2D eigenvalue weighted by Gasteiger charge is 2.34. The van der Waals surface area contributed by atoms with Crippen molar-refractivity contribution >= 4 is 17.7 Å². The molecule has 3 atom stereocenters. The van der Waals surface area contributed by atoms with Crippen LogP contribution in [0.1, 0.15) is 62.7 Å². The van der Waals surface area contributed by atoms with Gasteiger partial charge in [-0.15, -0.1) is 0 Å². The fourth-order valence-corrected chi connectivity index (χ4v) is 3.98. The normalized spacial score (nSPS) is 17.7. The Morgan fingerprint density at radius 1 is 1.06 bits per heavy atom. The number of aliphatic hydroxyl groups is 1. The summed E-state index contributed by atoms with van der Waals surface area (Å²) in [6.07, 6.45) is 9.02. The predicted octanol–water partition coefficient (Wildman–Crippen LogP) is 2.63. The fourth-order valence-electron chi connectivity index (χ4n) is 3.98. The van der Waals surface area contributed by atoms with Crippen molar-refractivity contribution < 1.29 is 24.2 Å². The van der Waals surface area contributed by atoms with Crippen molar-refractivity contribution in [2.75, 3.05) is 7.11 Å². The number of aliphatic hydroxyl groups excluding tert-OH is 1. The van der Waals surface area contributed by atoms with E-state index in [1.807, 2.05) is 26.0 Å². The molecule has 1 unspecified atom stereocenters. The van der Waals surface area contributed by atoms with Crippen LogP contribution in [0.3, 0.4) is 0 Å². The zero-order chi connectivity index (χ0) is 25.4. The molecule has 3 rings (SSSR count). The van der Waals surface area contributed by atoms with Crippen LogP contribution in [0.15, 0.2) is 48.1 Å². The van der Waals surface area contributed by atoms with Gasteiger partial charge >= 0.3 is 0 Å². The average molecular weight is 484 g/mol. The fraction of sp³-hybridized carbons (Fsp3) is 0.519. The van der Waals surface area contributed by atoms with E-state index >= 15 is 0 Å². The van der Waals surface area contributed by atoms with Crippen LogP contribution >= 0.6 is 0 Å². The summed E-state index contributed by atoms with van der Waals surface area (Å²) in [5.41, 5.74) is 1.37. The number of methoxy groups -OCH3 is 1. The second-order valence-electron chi connectivity index (χ2n) is 9.69. The van der Waals surface area contributed by atoms with Gasteiger partial charge in [-0.05, 0) is 68.7 Å². The molecule has 1 fully saturated rings. The maximum absolute atomic E-state index is 13.3. The highest BCUT2D eigenvalue weighted by atomic mass is 16.5. The number of nitrogens with one attached hydrogen (secondary N) is 3. The minimum absolute atomic E-state index is 0.0970. The molecule has 0 aliphatic heterocycles. The highest BCUT2D eigenvalue weighted by molar-refractivity contribution is 5.97. The Kier molecular flexibility index (Phi) is 9.48. The molecule has 190 valence electrons. The van der Waals surface area contributed by atoms with Crippen molar-refractivity contribution in [3.8, 4) is 5.75 Å². The monoisotopic (exact) mass is 483 g/mol. The lowest BCUT2D eigenvalue weighted by molar-refractivity contribution is -0.132. The van der Waals surface area contributed by atoms with E-state index in [1.165, 1.54) is 0 Å². The van der Waals surface area contributed by atoms with Gasteiger partial charge in [0.1, 0.15) is 11.8 Å². The molecule has 0 radical (unpaired) electrons. The number of carbonyl (C=O) groups is 3. The van der Waals surface area contributed by atoms with Gasteiger partial charge in [0, 0.05) is 11.6 Å². The number of allylic oxidation sites excluding steroid dienone is 3. The third-order valence-electron chi connectivity index (χ3n) is 6.11. The number of amides is 3. The minimum Gasteiger partial charge on any atom is -0.497 e. The van der Waals surface area contributed by atoms with Crippen LogP contribution < -0.4 is 20.7 Å². The molecule has 8 heteroatoms. The van der Waals surface area contributed by atoms with Crippen molar-refractivity contribution in [1.29, 1.82) is 0 Å². The molecule has 1 saturated carbocycles. The van der Waals surface area contributed by atoms with Crippen molar-refractivity contribution in [3.05, 3.63) is 53.6 Å². The summed E-state index contributed by atoms with van der Waals surface area (Å²) >= 11 is 0. The molecule has 2 aliphatic carbocycles. The Morgan fingerprint density at radius 3 is 2.34 bits per heavy atom. The van der Waals surface area contributed by atoms with Gasteiger partial charge in [-0.3, -0.25) is 14.4 Å². The Morgan fingerprint density at radius 2 is 1.77 bits per heavy atom. The van der Waals surface area contributed by atoms with E-state index in [0.717, 1.165) is 31.3 Å². The summed E-state index contributed by atoms with van der Waals surface area (Å²) < 4.78 is 5.13. The molecule has 4 N–H and O–H groups in total. The zero-order valence-electron chi connectivity index (χ0n) is 20.8. The summed E-state index contributed by atoms with van der Waals surface area (Å²) in [6, 6.07) is 5.10. The van der Waals surface area contributed by atoms with Gasteiger partial charge < -0.3 is 25.8 Å². The van der Waals surface area contributed by atoms with Gasteiger partial charge in [0.15, 0.2) is 6.10 Å². The largest absolute Gasteiger partial charge is 0.497 e. The summed E-state index contributed by atoms with van der Waals surface area (Å²) in [5.74, 6) is -0.530. The topological polar surface area (TPSA) is 117 Å². The smallest absolute Gasteiger partial charge is 0.251 e. The van der Waals surface area contributed by atoms with Gasteiger partial charge in [-0.2, -0.15) is 0 Å². The average Bonchev–Trinajstić information content (AvgIpc) is 3.67. The van der Waals surface area contributed by atoms with E-state index in [2.05, 4.69) is 22.0 Å². The number of rotatable bonds is 12. The van der Waals surface area contributed by atoms with E-state index in [0.29, 0.717) is 24.2 Å². The van der Waals surface area contributed by atoms with E-state index in [4.69, 9.17) is 4.74 Å². The van der Waals surface area contributed by atoms with Crippen LogP contribution in [0.2, 0.25) is 0 Å². The Balaban J connectivity index is 1.72. The van der Waals surface area contributed by atoms with Gasteiger partial charge in [0.25, 0.3) is 11.8 Å². The SMILES string of the molecule is COc1ccc(C(=O)N[C@@H](CC(C)C)C(=O)N[C@@H](CC2=CCCC=C2)C(O)C(=O)NC2CC2)cc1. The van der Waals surface area contributed by atoms with Gasteiger partial charge in [-0.1, -0.05) is 37.6 Å². The standard InChI is InChI=1S/C27H37N3O5/c1-17(2)15-23(30-25(32)19-9-13-21(35-3)14-10-19)26(33)29-22(16-18-7-5-4-6-8-18)24(31)27(34)28-20-11-12-20/h5,7-10,13-14,17,20,22-24,31H,4,6,11-12,15-16H2,1-3H3,(H,28,34)(H,29,33)(H,30,32)/t22-,23-,24?/m0/s1. The van der Waals surface area contributed by atoms with Crippen LogP contribution in [0.25, 0.3) is 0 Å². The van der Waals surface area contributed by atoms with E-state index in [-0.39, 0.29) is 17.9 Å². The molecule has 0 spiro atoms. The van der Waals surface area contributed by atoms with Crippen molar-refractivity contribution in [2.45, 2.75) is 76.6 Å². The third kappa shape index (κ3) is 8.24. The second-order valence-corrected chi connectivity index (χ2v) is 9.69. The molecule has 3 amide bonds. The number of carbonyl (C=O) groups excluding carboxylic acids is 3. The van der Waals surface area contributed by atoms with Crippen LogP contribution in [-0.2, 0) is 9.59 Å². The lowest BCUT2D eigenvalue weighted by atomic mass is 9.95. The first-order chi connectivity index (χ1) is 16.8. The first-order valence-corrected chi connectivity index (χ1v) is 12.4. The number of hydrogen-bond acceptors (Lipinski definition) is 5. The van der Waals surface area contributed by atoms with Crippen LogP contribution in [0.5, 0.6) is 5.75 Å². The van der Waals surface area contributed by atoms with Crippen molar-refractivity contribution in [2.24, 2.45) is 5.92 Å². The van der Waals surface area contributed by atoms with Crippen LogP contribution in [-0.4, -0.2) is 54.2 Å². The molecule has 1 aromatic rings. The molecule has 0 aromatic heterocycles. The molecule has 0 heterocycles. The van der Waals surface area contributed by atoms with Crippen LogP contribution in [0.4, 0.5) is 0 Å². The van der Waals surface area contributed by atoms with E-state index in [9.17, 15) is 19.5 Å². The molecule has 0 bridgehead atoms. The highest BCUT2D eigenvalue weighted by Crippen LogP contribution is 2.21. The molecule has 0 saturated heterocycles. The Labute approximate surface area is 207 Å². The van der Waals surface area contributed by atoms with Gasteiger partial charge in [0.05, 0.1) is 13.2 Å². The lowest BCUT2D eigenvalue weighted by Crippen LogP contribution is -2.56. The number of hydrogen-bond donors (Lipinski definition) is 4. The predicted molar refractivity (Wildman–Crippen MR) is 134 cm³/mol. The number of ether oxygens (including phenoxy) is 1. The minimum atomic E-state index is -1.40. The molecule has 2 aliphatic rings. The molecule has 8 nitrogen and oxygen atoms in total. The maximum atomic E-state index is 13.3. The third-order valence-corrected chi connectivity index (χ3v) is 6.11. The first-order valence-electron chi connectivity index (χ1n) is 12.4. The molecular formula is C27H37N3O5. The van der Waals surface area contributed by atoms with E-state index in [1.54, 1.807) is 31.4 Å². The second kappa shape index (κ2) is 12.5. The Hall–Kier alpha value is -3.13. The Bertz CT molecular complexity index is 950. The molecular weight excluding hydrogens is 446 g/mol. The number of benzene rings is 1. The van der Waals surface area contributed by atoms with E-state index < -0.39 is 30.0 Å². The summed E-state index contributed by atoms with van der Waals surface area (Å²) in [7, 11) is 1.55. The summed E-state index contributed by atoms with van der Waals surface area (Å²) in [5, 5.41) is 19.3. The van der Waals surface area contributed by atoms with Crippen LogP contribution in [0, 0.1) is 5.92 Å². The lowest BCUT2D eigenvalue weighted by Gasteiger charge is -2.28. The van der Waals surface area contributed by atoms with Gasteiger partial charge in [0.2, 0.25) is 5.91 Å². The molecule has 1 aromatic carbocycles. The summed E-state index contributed by atoms with van der Waals surface area (Å²) in [4.78, 5) is 38.8. The summed E-state index contributed by atoms with van der Waals surface area (Å²) in [6.45, 7) is 3.93. The first kappa shape index (κ1) is 26.5. The van der Waals surface area contributed by atoms with Gasteiger partial charge in [-0.25, -0.2) is 0 Å². The molecule has 35 heavy (non-hydrogen) atoms. The zero-order valence-corrected chi connectivity index (χ0v) is 20.8. The van der Waals surface area contributed by atoms with Crippen molar-refractivity contribution in [3.63, 3.8) is 0 Å². The maximum Gasteiger partial charge on any atom is 0.251 e. The quantitative estimate of drug-likeness (QED) is 0.365.